The van der Waals surface area contributed by atoms with Gasteiger partial charge in [0, 0.05) is 11.1 Å². The van der Waals surface area contributed by atoms with E-state index in [0.29, 0.717) is 11.7 Å². The molecule has 2 fully saturated rings. The van der Waals surface area contributed by atoms with E-state index in [1.807, 2.05) is 6.07 Å². The maximum absolute atomic E-state index is 12.2. The van der Waals surface area contributed by atoms with Gasteiger partial charge in [0.15, 0.2) is 0 Å². The van der Waals surface area contributed by atoms with Gasteiger partial charge in [-0.15, -0.1) is 0 Å². The molecule has 0 spiro atoms. The molecule has 0 radical (unpaired) electrons. The summed E-state index contributed by atoms with van der Waals surface area (Å²) in [6.45, 7) is -0.182. The highest BCUT2D eigenvalue weighted by atomic mass is 16.5. The molecule has 2 saturated heterocycles. The summed E-state index contributed by atoms with van der Waals surface area (Å²) in [7, 11) is 0. The van der Waals surface area contributed by atoms with E-state index in [1.54, 1.807) is 18.2 Å². The highest BCUT2D eigenvalue weighted by molar-refractivity contribution is 5.94. The second-order valence-electron chi connectivity index (χ2n) is 5.23. The molecule has 3 rings (SSSR count). The van der Waals surface area contributed by atoms with Crippen LogP contribution in [-0.2, 0) is 4.74 Å². The summed E-state index contributed by atoms with van der Waals surface area (Å²) in [6.07, 6.45) is 3.58. The summed E-state index contributed by atoms with van der Waals surface area (Å²) in [4.78, 5) is 12.2. The summed E-state index contributed by atoms with van der Waals surface area (Å²) >= 11 is 0. The Morgan fingerprint density at radius 2 is 2.35 bits per heavy atom. The van der Waals surface area contributed by atoms with E-state index in [-0.39, 0.29) is 24.7 Å². The van der Waals surface area contributed by atoms with Crippen LogP contribution < -0.4 is 5.32 Å². The summed E-state index contributed by atoms with van der Waals surface area (Å²) in [5.74, 6) is 5.30. The van der Waals surface area contributed by atoms with E-state index >= 15 is 0 Å². The molecule has 1 aromatic rings. The zero-order chi connectivity index (χ0) is 13.9. The zero-order valence-electron chi connectivity index (χ0n) is 11.1. The van der Waals surface area contributed by atoms with Gasteiger partial charge in [-0.05, 0) is 37.5 Å². The number of hydrogen-bond acceptors (Lipinski definition) is 3. The molecule has 2 aliphatic heterocycles. The summed E-state index contributed by atoms with van der Waals surface area (Å²) in [5.41, 5.74) is 1.33. The normalized spacial score (nSPS) is 26.9. The van der Waals surface area contributed by atoms with E-state index in [1.165, 1.54) is 0 Å². The second-order valence-corrected chi connectivity index (χ2v) is 5.23. The minimum atomic E-state index is -0.182. The number of rotatable bonds is 2. The predicted molar refractivity (Wildman–Crippen MR) is 74.2 cm³/mol. The molecule has 20 heavy (non-hydrogen) atoms. The van der Waals surface area contributed by atoms with Crippen LogP contribution in [0.5, 0.6) is 0 Å². The lowest BCUT2D eigenvalue weighted by Gasteiger charge is -2.20. The van der Waals surface area contributed by atoms with Gasteiger partial charge >= 0.3 is 0 Å². The maximum atomic E-state index is 12.2. The highest BCUT2D eigenvalue weighted by Crippen LogP contribution is 2.34. The van der Waals surface area contributed by atoms with Crippen LogP contribution in [0.25, 0.3) is 0 Å². The first-order valence-electron chi connectivity index (χ1n) is 6.92. The monoisotopic (exact) mass is 271 g/mol. The molecule has 0 saturated carbocycles. The number of aliphatic hydroxyl groups is 1. The fraction of sp³-hybridized carbons (Fsp3) is 0.438. The largest absolute Gasteiger partial charge is 0.384 e. The van der Waals surface area contributed by atoms with Crippen molar-refractivity contribution in [3.8, 4) is 11.8 Å². The van der Waals surface area contributed by atoms with E-state index in [9.17, 15) is 4.79 Å². The third kappa shape index (κ3) is 2.69. The van der Waals surface area contributed by atoms with Crippen molar-refractivity contribution in [1.82, 2.24) is 5.32 Å². The van der Waals surface area contributed by atoms with Crippen molar-refractivity contribution in [3.63, 3.8) is 0 Å². The van der Waals surface area contributed by atoms with Crippen molar-refractivity contribution in [2.24, 2.45) is 0 Å². The second kappa shape index (κ2) is 5.66. The fourth-order valence-corrected chi connectivity index (χ4v) is 2.92. The summed E-state index contributed by atoms with van der Waals surface area (Å²) < 4.78 is 5.73. The van der Waals surface area contributed by atoms with Crippen LogP contribution >= 0.6 is 0 Å². The average molecular weight is 271 g/mol. The van der Waals surface area contributed by atoms with Gasteiger partial charge in [0.25, 0.3) is 5.91 Å². The number of ether oxygens (including phenoxy) is 1. The van der Waals surface area contributed by atoms with Crippen molar-refractivity contribution in [3.05, 3.63) is 35.4 Å². The Labute approximate surface area is 118 Å². The quantitative estimate of drug-likeness (QED) is 0.791. The molecule has 1 aromatic carbocycles. The molecule has 2 aliphatic rings. The van der Waals surface area contributed by atoms with Gasteiger partial charge in [-0.25, -0.2) is 0 Å². The average Bonchev–Trinajstić information content (AvgIpc) is 3.08. The first-order valence-corrected chi connectivity index (χ1v) is 6.92. The first-order chi connectivity index (χ1) is 9.76. The van der Waals surface area contributed by atoms with Crippen molar-refractivity contribution >= 4 is 5.91 Å². The van der Waals surface area contributed by atoms with Gasteiger partial charge in [-0.1, -0.05) is 17.9 Å². The van der Waals surface area contributed by atoms with Gasteiger partial charge in [0.05, 0.1) is 18.2 Å². The van der Waals surface area contributed by atoms with Crippen molar-refractivity contribution in [2.75, 3.05) is 6.61 Å². The topological polar surface area (TPSA) is 58.6 Å². The summed E-state index contributed by atoms with van der Waals surface area (Å²) in [6, 6.07) is 7.27. The van der Waals surface area contributed by atoms with Gasteiger partial charge in [0.2, 0.25) is 0 Å². The van der Waals surface area contributed by atoms with Crippen LogP contribution in [-0.4, -0.2) is 35.9 Å². The van der Waals surface area contributed by atoms with Crippen LogP contribution in [0.15, 0.2) is 24.3 Å². The lowest BCUT2D eigenvalue weighted by atomic mass is 9.95. The highest BCUT2D eigenvalue weighted by Gasteiger charge is 2.41. The van der Waals surface area contributed by atoms with Crippen molar-refractivity contribution in [2.45, 2.75) is 37.5 Å². The molecule has 4 nitrogen and oxygen atoms in total. The van der Waals surface area contributed by atoms with E-state index in [2.05, 4.69) is 17.2 Å². The van der Waals surface area contributed by atoms with E-state index in [4.69, 9.17) is 9.84 Å². The number of fused-ring (bicyclic) bond motifs is 2. The number of amides is 1. The van der Waals surface area contributed by atoms with Gasteiger partial charge < -0.3 is 15.2 Å². The zero-order valence-corrected chi connectivity index (χ0v) is 11.1. The maximum Gasteiger partial charge on any atom is 0.251 e. The Hall–Kier alpha value is -1.83. The first kappa shape index (κ1) is 13.2. The van der Waals surface area contributed by atoms with Crippen molar-refractivity contribution < 1.29 is 14.6 Å². The Bertz CT molecular complexity index is 573. The molecule has 3 unspecified atom stereocenters. The number of benzene rings is 1. The van der Waals surface area contributed by atoms with Gasteiger partial charge in [-0.2, -0.15) is 0 Å². The molecule has 1 amide bonds. The lowest BCUT2D eigenvalue weighted by Crippen LogP contribution is -2.41. The number of hydrogen-bond donors (Lipinski definition) is 2. The van der Waals surface area contributed by atoms with Crippen LogP contribution in [0.1, 0.15) is 35.2 Å². The van der Waals surface area contributed by atoms with Gasteiger partial charge in [-0.3, -0.25) is 4.79 Å². The molecular formula is C16H17NO3. The Morgan fingerprint density at radius 1 is 1.45 bits per heavy atom. The van der Waals surface area contributed by atoms with Crippen LogP contribution in [0.2, 0.25) is 0 Å². The Balaban J connectivity index is 1.68. The minimum absolute atomic E-state index is 0.0844. The number of carbonyl (C=O) groups excluding carboxylic acids is 1. The fourth-order valence-electron chi connectivity index (χ4n) is 2.92. The number of carbonyl (C=O) groups is 1. The van der Waals surface area contributed by atoms with Crippen LogP contribution in [0.4, 0.5) is 0 Å². The van der Waals surface area contributed by atoms with Crippen LogP contribution in [0.3, 0.4) is 0 Å². The number of aliphatic hydroxyl groups excluding tert-OH is 1. The molecule has 2 bridgehead atoms. The minimum Gasteiger partial charge on any atom is -0.384 e. The smallest absolute Gasteiger partial charge is 0.251 e. The molecule has 0 aromatic heterocycles. The third-order valence-corrected chi connectivity index (χ3v) is 3.86. The number of nitrogens with one attached hydrogen (secondary N) is 1. The molecular weight excluding hydrogens is 254 g/mol. The van der Waals surface area contributed by atoms with E-state index < -0.39 is 0 Å². The van der Waals surface area contributed by atoms with Crippen molar-refractivity contribution in [1.29, 1.82) is 0 Å². The summed E-state index contributed by atoms with van der Waals surface area (Å²) in [5, 5.41) is 11.7. The third-order valence-electron chi connectivity index (χ3n) is 3.86. The Kier molecular flexibility index (Phi) is 3.72. The van der Waals surface area contributed by atoms with Gasteiger partial charge in [0.1, 0.15) is 6.61 Å². The van der Waals surface area contributed by atoms with Crippen LogP contribution in [0, 0.1) is 11.8 Å². The molecule has 104 valence electrons. The molecule has 4 heteroatoms. The predicted octanol–water partition coefficient (Wildman–Crippen LogP) is 1.08. The molecule has 2 N–H and O–H groups in total. The molecule has 3 atom stereocenters. The molecule has 2 heterocycles. The lowest BCUT2D eigenvalue weighted by molar-refractivity contribution is 0.0841. The standard InChI is InChI=1S/C16H17NO3/c18-8-2-4-11-3-1-5-12(9-11)16(19)17-14-10-13-6-7-15(14)20-13/h1,3,5,9,13-15,18H,6-8,10H2,(H,17,19). The van der Waals surface area contributed by atoms with E-state index in [0.717, 1.165) is 24.8 Å². The molecule has 0 aliphatic carbocycles. The SMILES string of the molecule is O=C(NC1CC2CCC1O2)c1cccc(C#CCO)c1. The Morgan fingerprint density at radius 3 is 3.05 bits per heavy atom.